The van der Waals surface area contributed by atoms with Crippen molar-refractivity contribution in [2.24, 2.45) is 0 Å². The van der Waals surface area contributed by atoms with Crippen molar-refractivity contribution in [3.05, 3.63) is 176 Å². The van der Waals surface area contributed by atoms with Crippen LogP contribution in [0.3, 0.4) is 0 Å². The molecule has 3 nitrogen and oxygen atoms in total. The van der Waals surface area contributed by atoms with E-state index in [2.05, 4.69) is 160 Å². The molecule has 0 radical (unpaired) electrons. The van der Waals surface area contributed by atoms with Crippen LogP contribution >= 0.6 is 0 Å². The zero-order chi connectivity index (χ0) is 31.2. The van der Waals surface area contributed by atoms with E-state index in [9.17, 15) is 0 Å². The average molecular weight is 602 g/mol. The Morgan fingerprint density at radius 1 is 0.532 bits per heavy atom. The fraction of sp³-hybridized carbons (Fsp3) is 0.0227. The van der Waals surface area contributed by atoms with Gasteiger partial charge in [-0.2, -0.15) is 0 Å². The number of aromatic nitrogens is 2. The second-order valence-electron chi connectivity index (χ2n) is 12.1. The Labute approximate surface area is 273 Å². The number of dihydropyridines is 1. The maximum atomic E-state index is 4.57. The SMILES string of the molecule is C1=CC(c2cccc(-c3ccc4c5ccc6cc(-c7cccc(-c8ccccn8)c7)ccc6c5n(-c5ccccc5)c4c3)c2)=CCN1. The molecule has 8 aromatic rings. The molecule has 0 unspecified atom stereocenters. The third kappa shape index (κ3) is 4.81. The molecule has 0 atom stereocenters. The number of hydrogen-bond donors (Lipinski definition) is 1. The first kappa shape index (κ1) is 27.1. The highest BCUT2D eigenvalue weighted by molar-refractivity contribution is 6.19. The van der Waals surface area contributed by atoms with Gasteiger partial charge in [0.1, 0.15) is 0 Å². The molecule has 9 rings (SSSR count). The largest absolute Gasteiger partial charge is 0.387 e. The first-order chi connectivity index (χ1) is 23.3. The summed E-state index contributed by atoms with van der Waals surface area (Å²) in [5.41, 5.74) is 13.0. The lowest BCUT2D eigenvalue weighted by atomic mass is 9.96. The zero-order valence-electron chi connectivity index (χ0n) is 25.8. The van der Waals surface area contributed by atoms with Crippen LogP contribution in [0.25, 0.3) is 77.3 Å². The summed E-state index contributed by atoms with van der Waals surface area (Å²) in [4.78, 5) is 4.57. The maximum absolute atomic E-state index is 4.57. The Kier molecular flexibility index (Phi) is 6.53. The van der Waals surface area contributed by atoms with Crippen molar-refractivity contribution in [1.29, 1.82) is 0 Å². The lowest BCUT2D eigenvalue weighted by molar-refractivity contribution is 0.976. The van der Waals surface area contributed by atoms with Gasteiger partial charge in [0.05, 0.1) is 16.7 Å². The molecule has 222 valence electrons. The minimum Gasteiger partial charge on any atom is -0.387 e. The van der Waals surface area contributed by atoms with Crippen molar-refractivity contribution in [2.75, 3.05) is 6.54 Å². The second kappa shape index (κ2) is 11.3. The number of benzene rings is 6. The summed E-state index contributed by atoms with van der Waals surface area (Å²) in [6, 6.07) is 52.7. The molecule has 3 heterocycles. The molecule has 6 aromatic carbocycles. The van der Waals surface area contributed by atoms with Crippen LogP contribution in [0.2, 0.25) is 0 Å². The Morgan fingerprint density at radius 3 is 2.02 bits per heavy atom. The first-order valence-electron chi connectivity index (χ1n) is 16.1. The quantitative estimate of drug-likeness (QED) is 0.213. The zero-order valence-corrected chi connectivity index (χ0v) is 25.8. The summed E-state index contributed by atoms with van der Waals surface area (Å²) in [7, 11) is 0. The molecule has 1 aliphatic rings. The van der Waals surface area contributed by atoms with E-state index in [0.717, 1.165) is 23.5 Å². The monoisotopic (exact) mass is 601 g/mol. The van der Waals surface area contributed by atoms with E-state index in [4.69, 9.17) is 0 Å². The Hall–Kier alpha value is -6.19. The van der Waals surface area contributed by atoms with Crippen molar-refractivity contribution < 1.29 is 0 Å². The minimum absolute atomic E-state index is 0.853. The number of rotatable bonds is 5. The van der Waals surface area contributed by atoms with Gasteiger partial charge in [-0.15, -0.1) is 0 Å². The van der Waals surface area contributed by atoms with Gasteiger partial charge in [-0.3, -0.25) is 4.98 Å². The molecule has 0 saturated carbocycles. The lowest BCUT2D eigenvalue weighted by Gasteiger charge is -2.12. The van der Waals surface area contributed by atoms with Gasteiger partial charge in [0.25, 0.3) is 0 Å². The molecule has 0 bridgehead atoms. The van der Waals surface area contributed by atoms with Gasteiger partial charge in [0, 0.05) is 40.2 Å². The topological polar surface area (TPSA) is 29.9 Å². The summed E-state index contributed by atoms with van der Waals surface area (Å²) in [5.74, 6) is 0. The van der Waals surface area contributed by atoms with Gasteiger partial charge in [-0.25, -0.2) is 0 Å². The van der Waals surface area contributed by atoms with Crippen molar-refractivity contribution >= 4 is 38.2 Å². The van der Waals surface area contributed by atoms with Gasteiger partial charge < -0.3 is 9.88 Å². The van der Waals surface area contributed by atoms with E-state index < -0.39 is 0 Å². The molecule has 0 spiro atoms. The van der Waals surface area contributed by atoms with Gasteiger partial charge in [-0.1, -0.05) is 103 Å². The predicted octanol–water partition coefficient (Wildman–Crippen LogP) is 10.8. The summed E-state index contributed by atoms with van der Waals surface area (Å²) < 4.78 is 2.44. The van der Waals surface area contributed by atoms with E-state index in [1.54, 1.807) is 0 Å². The molecule has 0 aliphatic carbocycles. The van der Waals surface area contributed by atoms with Crippen LogP contribution in [0, 0.1) is 0 Å². The molecular weight excluding hydrogens is 571 g/mol. The van der Waals surface area contributed by atoms with Gasteiger partial charge in [-0.05, 0) is 99.6 Å². The molecule has 47 heavy (non-hydrogen) atoms. The van der Waals surface area contributed by atoms with E-state index in [1.165, 1.54) is 66.0 Å². The smallest absolute Gasteiger partial charge is 0.0702 e. The standard InChI is InChI=1S/C44H31N3/c1-2-12-38(13-3-1)47-43-29-35(32-9-6-8-31(26-32)30-21-24-45-25-22-30)16-19-40(43)41-20-17-36-27-34(15-18-39(36)44(41)47)33-10-7-11-37(28-33)42-14-4-5-23-46-42/h1-24,26-29,45H,25H2. The molecule has 1 N–H and O–H groups in total. The Bertz CT molecular complexity index is 2500. The summed E-state index contributed by atoms with van der Waals surface area (Å²) in [6.07, 6.45) is 8.26. The van der Waals surface area contributed by atoms with Crippen LogP contribution in [-0.4, -0.2) is 16.1 Å². The number of allylic oxidation sites excluding steroid dienone is 2. The summed E-state index contributed by atoms with van der Waals surface area (Å²) in [6.45, 7) is 0.853. The number of pyridine rings is 1. The minimum atomic E-state index is 0.853. The maximum Gasteiger partial charge on any atom is 0.0702 e. The van der Waals surface area contributed by atoms with E-state index in [0.29, 0.717) is 0 Å². The fourth-order valence-electron chi connectivity index (χ4n) is 6.98. The molecular formula is C44H31N3. The molecule has 1 aliphatic heterocycles. The van der Waals surface area contributed by atoms with Crippen molar-refractivity contribution in [3.8, 4) is 39.2 Å². The van der Waals surface area contributed by atoms with Crippen molar-refractivity contribution in [1.82, 2.24) is 14.9 Å². The molecule has 0 amide bonds. The van der Waals surface area contributed by atoms with Crippen LogP contribution in [0.5, 0.6) is 0 Å². The predicted molar refractivity (Wildman–Crippen MR) is 198 cm³/mol. The van der Waals surface area contributed by atoms with Crippen LogP contribution < -0.4 is 5.32 Å². The molecule has 0 fully saturated rings. The highest BCUT2D eigenvalue weighted by Crippen LogP contribution is 2.40. The second-order valence-corrected chi connectivity index (χ2v) is 12.1. The summed E-state index contributed by atoms with van der Waals surface area (Å²) >= 11 is 0. The number of hydrogen-bond acceptors (Lipinski definition) is 2. The number of fused-ring (bicyclic) bond motifs is 5. The van der Waals surface area contributed by atoms with Crippen LogP contribution in [0.1, 0.15) is 5.56 Å². The van der Waals surface area contributed by atoms with Crippen LogP contribution in [0.15, 0.2) is 170 Å². The van der Waals surface area contributed by atoms with E-state index in [-0.39, 0.29) is 0 Å². The normalized spacial score (nSPS) is 12.8. The van der Waals surface area contributed by atoms with Crippen LogP contribution in [-0.2, 0) is 0 Å². The van der Waals surface area contributed by atoms with Crippen LogP contribution in [0.4, 0.5) is 0 Å². The highest BCUT2D eigenvalue weighted by atomic mass is 15.0. The van der Waals surface area contributed by atoms with Crippen molar-refractivity contribution in [3.63, 3.8) is 0 Å². The lowest BCUT2D eigenvalue weighted by Crippen LogP contribution is -2.08. The third-order valence-corrected chi connectivity index (χ3v) is 9.26. The number of para-hydroxylation sites is 1. The Balaban J connectivity index is 1.22. The third-order valence-electron chi connectivity index (χ3n) is 9.26. The van der Waals surface area contributed by atoms with E-state index in [1.807, 2.05) is 24.5 Å². The molecule has 3 heteroatoms. The average Bonchev–Trinajstić information content (AvgIpc) is 3.50. The summed E-state index contributed by atoms with van der Waals surface area (Å²) in [5, 5.41) is 8.22. The molecule has 2 aromatic heterocycles. The van der Waals surface area contributed by atoms with Gasteiger partial charge in [0.2, 0.25) is 0 Å². The number of nitrogens with one attached hydrogen (secondary N) is 1. The number of nitrogens with zero attached hydrogens (tertiary/aromatic N) is 2. The Morgan fingerprint density at radius 2 is 1.23 bits per heavy atom. The fourth-order valence-corrected chi connectivity index (χ4v) is 6.98. The van der Waals surface area contributed by atoms with Gasteiger partial charge in [0.15, 0.2) is 0 Å². The van der Waals surface area contributed by atoms with E-state index >= 15 is 0 Å². The highest BCUT2D eigenvalue weighted by Gasteiger charge is 2.17. The van der Waals surface area contributed by atoms with Crippen molar-refractivity contribution in [2.45, 2.75) is 0 Å². The molecule has 0 saturated heterocycles. The first-order valence-corrected chi connectivity index (χ1v) is 16.1. The van der Waals surface area contributed by atoms with Gasteiger partial charge >= 0.3 is 0 Å².